The van der Waals surface area contributed by atoms with E-state index in [9.17, 15) is 23.8 Å². The Labute approximate surface area is 120 Å². The molecule has 0 heterocycles. The van der Waals surface area contributed by atoms with Gasteiger partial charge in [-0.2, -0.15) is 0 Å². The molecule has 0 radical (unpaired) electrons. The van der Waals surface area contributed by atoms with Crippen molar-refractivity contribution in [2.45, 2.75) is 20.0 Å². The number of aryl methyl sites for hydroxylation is 2. The molecule has 2 aromatic carbocycles. The van der Waals surface area contributed by atoms with Gasteiger partial charge < -0.3 is 10.2 Å². The Kier molecular flexibility index (Phi) is 4.04. The fourth-order valence-electron chi connectivity index (χ4n) is 2.35. The van der Waals surface area contributed by atoms with Crippen LogP contribution in [0.1, 0.15) is 38.7 Å². The third-order valence-electron chi connectivity index (χ3n) is 3.42. The van der Waals surface area contributed by atoms with Crippen LogP contribution in [0.4, 0.5) is 8.78 Å². The molecule has 0 aliphatic rings. The van der Waals surface area contributed by atoms with E-state index in [-0.39, 0.29) is 16.7 Å². The third kappa shape index (κ3) is 2.78. The summed E-state index contributed by atoms with van der Waals surface area (Å²) in [5.41, 5.74) is 0.880. The molecule has 2 rings (SSSR count). The number of carboxylic acid groups (broad SMARTS) is 1. The summed E-state index contributed by atoms with van der Waals surface area (Å²) in [6.07, 6.45) is -1.48. The largest absolute Gasteiger partial charge is 0.478 e. The van der Waals surface area contributed by atoms with Crippen LogP contribution in [-0.2, 0) is 0 Å². The molecular formula is C16H14F2O3. The number of rotatable bonds is 3. The van der Waals surface area contributed by atoms with E-state index >= 15 is 0 Å². The Balaban J connectivity index is 2.65. The lowest BCUT2D eigenvalue weighted by molar-refractivity contribution is 0.0690. The van der Waals surface area contributed by atoms with E-state index < -0.39 is 23.7 Å². The molecule has 0 amide bonds. The number of hydrogen-bond donors (Lipinski definition) is 2. The number of hydrogen-bond acceptors (Lipinski definition) is 2. The smallest absolute Gasteiger partial charge is 0.336 e. The predicted molar refractivity (Wildman–Crippen MR) is 73.3 cm³/mol. The van der Waals surface area contributed by atoms with Crippen LogP contribution in [-0.4, -0.2) is 16.2 Å². The summed E-state index contributed by atoms with van der Waals surface area (Å²) in [5.74, 6) is -2.88. The molecule has 21 heavy (non-hydrogen) atoms. The topological polar surface area (TPSA) is 57.5 Å². The van der Waals surface area contributed by atoms with Crippen molar-refractivity contribution < 1.29 is 23.8 Å². The van der Waals surface area contributed by atoms with Crippen molar-refractivity contribution in [1.29, 1.82) is 0 Å². The molecule has 2 aromatic rings. The maximum Gasteiger partial charge on any atom is 0.336 e. The molecule has 0 fully saturated rings. The molecule has 0 aliphatic carbocycles. The molecule has 2 N–H and O–H groups in total. The van der Waals surface area contributed by atoms with Gasteiger partial charge in [-0.1, -0.05) is 18.2 Å². The fourth-order valence-corrected chi connectivity index (χ4v) is 2.35. The maximum absolute atomic E-state index is 13.8. The van der Waals surface area contributed by atoms with Crippen LogP contribution in [0.25, 0.3) is 0 Å². The predicted octanol–water partition coefficient (Wildman–Crippen LogP) is 3.36. The number of benzene rings is 2. The summed E-state index contributed by atoms with van der Waals surface area (Å²) in [6.45, 7) is 3.23. The van der Waals surface area contributed by atoms with Gasteiger partial charge in [-0.25, -0.2) is 13.6 Å². The Bertz CT molecular complexity index is 711. The van der Waals surface area contributed by atoms with Gasteiger partial charge in [0.1, 0.15) is 17.7 Å². The van der Waals surface area contributed by atoms with Crippen molar-refractivity contribution in [3.05, 3.63) is 69.8 Å². The average Bonchev–Trinajstić information content (AvgIpc) is 2.40. The molecule has 0 saturated carbocycles. The normalized spacial score (nSPS) is 12.2. The standard InChI is InChI=1S/C16H14F2O3/c1-8-3-4-9(2)14(16(20)21)13(8)15(19)11-6-5-10(17)7-12(11)18/h3-7,15,19H,1-2H3,(H,20,21). The fraction of sp³-hybridized carbons (Fsp3) is 0.188. The first-order valence-corrected chi connectivity index (χ1v) is 6.29. The molecule has 3 nitrogen and oxygen atoms in total. The van der Waals surface area contributed by atoms with Gasteiger partial charge in [0, 0.05) is 17.2 Å². The quantitative estimate of drug-likeness (QED) is 0.912. The van der Waals surface area contributed by atoms with Crippen LogP contribution in [0, 0.1) is 25.5 Å². The second-order valence-electron chi connectivity index (χ2n) is 4.86. The molecule has 0 saturated heterocycles. The zero-order chi connectivity index (χ0) is 15.7. The van der Waals surface area contributed by atoms with Crippen LogP contribution < -0.4 is 0 Å². The van der Waals surface area contributed by atoms with Gasteiger partial charge in [-0.15, -0.1) is 0 Å². The minimum Gasteiger partial charge on any atom is -0.478 e. The summed E-state index contributed by atoms with van der Waals surface area (Å²) in [4.78, 5) is 11.4. The number of carboxylic acids is 1. The van der Waals surface area contributed by atoms with Gasteiger partial charge in [-0.05, 0) is 31.0 Å². The molecule has 0 aromatic heterocycles. The summed E-state index contributed by atoms with van der Waals surface area (Å²) >= 11 is 0. The molecular weight excluding hydrogens is 278 g/mol. The summed E-state index contributed by atoms with van der Waals surface area (Å²) in [6, 6.07) is 6.07. The number of aliphatic hydroxyl groups excluding tert-OH is 1. The van der Waals surface area contributed by atoms with Gasteiger partial charge in [-0.3, -0.25) is 0 Å². The average molecular weight is 292 g/mol. The van der Waals surface area contributed by atoms with Crippen molar-refractivity contribution in [3.63, 3.8) is 0 Å². The van der Waals surface area contributed by atoms with Gasteiger partial charge in [0.05, 0.1) is 5.56 Å². The van der Waals surface area contributed by atoms with Gasteiger partial charge >= 0.3 is 5.97 Å². The Morgan fingerprint density at radius 3 is 2.29 bits per heavy atom. The first-order chi connectivity index (χ1) is 9.82. The van der Waals surface area contributed by atoms with Crippen molar-refractivity contribution in [1.82, 2.24) is 0 Å². The first kappa shape index (κ1) is 15.1. The molecule has 110 valence electrons. The van der Waals surface area contributed by atoms with Crippen molar-refractivity contribution in [3.8, 4) is 0 Å². The molecule has 1 unspecified atom stereocenters. The second-order valence-corrected chi connectivity index (χ2v) is 4.86. The monoisotopic (exact) mass is 292 g/mol. The van der Waals surface area contributed by atoms with Gasteiger partial charge in [0.25, 0.3) is 0 Å². The van der Waals surface area contributed by atoms with E-state index in [1.165, 1.54) is 0 Å². The minimum absolute atomic E-state index is 0.0637. The first-order valence-electron chi connectivity index (χ1n) is 6.29. The lowest BCUT2D eigenvalue weighted by atomic mass is 9.90. The second kappa shape index (κ2) is 5.61. The van der Waals surface area contributed by atoms with E-state index in [0.717, 1.165) is 12.1 Å². The highest BCUT2D eigenvalue weighted by Gasteiger charge is 2.24. The van der Waals surface area contributed by atoms with Crippen LogP contribution in [0.15, 0.2) is 30.3 Å². The van der Waals surface area contributed by atoms with Crippen molar-refractivity contribution in [2.75, 3.05) is 0 Å². The zero-order valence-electron chi connectivity index (χ0n) is 11.5. The minimum atomic E-state index is -1.48. The maximum atomic E-state index is 13.8. The molecule has 0 spiro atoms. The highest BCUT2D eigenvalue weighted by atomic mass is 19.1. The van der Waals surface area contributed by atoms with Crippen molar-refractivity contribution >= 4 is 5.97 Å². The van der Waals surface area contributed by atoms with E-state index in [4.69, 9.17) is 0 Å². The lowest BCUT2D eigenvalue weighted by Gasteiger charge is -2.19. The Morgan fingerprint density at radius 1 is 1.10 bits per heavy atom. The lowest BCUT2D eigenvalue weighted by Crippen LogP contribution is -2.13. The zero-order valence-corrected chi connectivity index (χ0v) is 11.5. The number of halogens is 2. The van der Waals surface area contributed by atoms with Gasteiger partial charge in [0.15, 0.2) is 0 Å². The highest BCUT2D eigenvalue weighted by molar-refractivity contribution is 5.92. The Morgan fingerprint density at radius 2 is 1.71 bits per heavy atom. The molecule has 1 atom stereocenters. The SMILES string of the molecule is Cc1ccc(C)c(C(O)c2ccc(F)cc2F)c1C(=O)O. The van der Waals surface area contributed by atoms with E-state index in [1.807, 2.05) is 0 Å². The van der Waals surface area contributed by atoms with E-state index in [2.05, 4.69) is 0 Å². The number of aromatic carboxylic acids is 1. The number of aliphatic hydroxyl groups is 1. The molecule has 0 bridgehead atoms. The molecule has 5 heteroatoms. The van der Waals surface area contributed by atoms with Gasteiger partial charge in [0.2, 0.25) is 0 Å². The van der Waals surface area contributed by atoms with Crippen molar-refractivity contribution in [2.24, 2.45) is 0 Å². The van der Waals surface area contributed by atoms with Crippen LogP contribution in [0.3, 0.4) is 0 Å². The molecule has 0 aliphatic heterocycles. The highest BCUT2D eigenvalue weighted by Crippen LogP contribution is 2.31. The third-order valence-corrected chi connectivity index (χ3v) is 3.42. The summed E-state index contributed by atoms with van der Waals surface area (Å²) in [7, 11) is 0. The van der Waals surface area contributed by atoms with Crippen LogP contribution >= 0.6 is 0 Å². The van der Waals surface area contributed by atoms with E-state index in [0.29, 0.717) is 17.2 Å². The summed E-state index contributed by atoms with van der Waals surface area (Å²) < 4.78 is 26.8. The number of carbonyl (C=O) groups is 1. The van der Waals surface area contributed by atoms with Crippen LogP contribution in [0.5, 0.6) is 0 Å². The summed E-state index contributed by atoms with van der Waals surface area (Å²) in [5, 5.41) is 19.7. The van der Waals surface area contributed by atoms with E-state index in [1.54, 1.807) is 26.0 Å². The van der Waals surface area contributed by atoms with Crippen LogP contribution in [0.2, 0.25) is 0 Å². The Hall–Kier alpha value is -2.27.